The summed E-state index contributed by atoms with van der Waals surface area (Å²) in [5.41, 5.74) is 0.506. The van der Waals surface area contributed by atoms with Crippen molar-refractivity contribution in [2.45, 2.75) is 6.54 Å². The average Bonchev–Trinajstić information content (AvgIpc) is 2.84. The Balaban J connectivity index is 2.58. The molecule has 0 aliphatic rings. The quantitative estimate of drug-likeness (QED) is 0.822. The number of rotatable bonds is 4. The van der Waals surface area contributed by atoms with Gasteiger partial charge in [0.05, 0.1) is 11.4 Å². The summed E-state index contributed by atoms with van der Waals surface area (Å²) in [5, 5.41) is 18.4. The van der Waals surface area contributed by atoms with Gasteiger partial charge in [-0.05, 0) is 11.4 Å². The van der Waals surface area contributed by atoms with Gasteiger partial charge in [0.1, 0.15) is 5.69 Å². The van der Waals surface area contributed by atoms with Crippen LogP contribution in [0.2, 0.25) is 0 Å². The second-order valence-electron chi connectivity index (χ2n) is 3.04. The SMILES string of the molecule is C=CCn1nnc(C(=O)O)c1-c1cccs1. The van der Waals surface area contributed by atoms with E-state index in [0.717, 1.165) is 4.88 Å². The van der Waals surface area contributed by atoms with E-state index in [1.54, 1.807) is 6.08 Å². The molecule has 0 atom stereocenters. The Morgan fingerprint density at radius 3 is 3.06 bits per heavy atom. The van der Waals surface area contributed by atoms with E-state index in [2.05, 4.69) is 16.9 Å². The number of hydrogen-bond acceptors (Lipinski definition) is 4. The molecular weight excluding hydrogens is 226 g/mol. The van der Waals surface area contributed by atoms with Gasteiger partial charge in [-0.15, -0.1) is 23.0 Å². The minimum absolute atomic E-state index is 0.0238. The molecule has 2 aromatic rings. The Labute approximate surface area is 95.7 Å². The van der Waals surface area contributed by atoms with Crippen molar-refractivity contribution in [3.8, 4) is 10.6 Å². The number of allylic oxidation sites excluding steroid dienone is 1. The Morgan fingerprint density at radius 2 is 2.50 bits per heavy atom. The smallest absolute Gasteiger partial charge is 0.358 e. The second kappa shape index (κ2) is 4.28. The van der Waals surface area contributed by atoms with E-state index in [9.17, 15) is 4.79 Å². The van der Waals surface area contributed by atoms with Gasteiger partial charge in [0.2, 0.25) is 0 Å². The molecular formula is C10H9N3O2S. The summed E-state index contributed by atoms with van der Waals surface area (Å²) in [7, 11) is 0. The molecule has 16 heavy (non-hydrogen) atoms. The van der Waals surface area contributed by atoms with Gasteiger partial charge in [-0.2, -0.15) is 0 Å². The number of carboxylic acid groups (broad SMARTS) is 1. The van der Waals surface area contributed by atoms with Crippen molar-refractivity contribution in [1.29, 1.82) is 0 Å². The van der Waals surface area contributed by atoms with E-state index in [-0.39, 0.29) is 5.69 Å². The van der Waals surface area contributed by atoms with Gasteiger partial charge in [0.15, 0.2) is 5.69 Å². The fourth-order valence-corrected chi connectivity index (χ4v) is 2.14. The van der Waals surface area contributed by atoms with Crippen molar-refractivity contribution in [2.75, 3.05) is 0 Å². The molecule has 2 heterocycles. The van der Waals surface area contributed by atoms with Crippen LogP contribution < -0.4 is 0 Å². The molecule has 5 nitrogen and oxygen atoms in total. The average molecular weight is 235 g/mol. The Hall–Kier alpha value is -1.95. The van der Waals surface area contributed by atoms with E-state index in [4.69, 9.17) is 5.11 Å². The number of carboxylic acids is 1. The maximum atomic E-state index is 11.0. The first-order valence-corrected chi connectivity index (χ1v) is 5.43. The van der Waals surface area contributed by atoms with Crippen LogP contribution in [0.1, 0.15) is 10.5 Å². The molecule has 0 aliphatic carbocycles. The molecule has 1 N–H and O–H groups in total. The number of aromatic nitrogens is 3. The molecule has 0 aliphatic heterocycles. The van der Waals surface area contributed by atoms with Gasteiger partial charge < -0.3 is 5.11 Å². The lowest BCUT2D eigenvalue weighted by atomic mass is 10.2. The van der Waals surface area contributed by atoms with Crippen LogP contribution in [0.25, 0.3) is 10.6 Å². The van der Waals surface area contributed by atoms with Gasteiger partial charge in [-0.1, -0.05) is 17.4 Å². The molecule has 0 saturated heterocycles. The van der Waals surface area contributed by atoms with E-state index < -0.39 is 5.97 Å². The molecule has 0 aromatic carbocycles. The molecule has 0 fully saturated rings. The largest absolute Gasteiger partial charge is 0.476 e. The third-order valence-corrected chi connectivity index (χ3v) is 2.87. The Kier molecular flexibility index (Phi) is 2.82. The molecule has 0 unspecified atom stereocenters. The lowest BCUT2D eigenvalue weighted by molar-refractivity contribution is 0.0691. The predicted octanol–water partition coefficient (Wildman–Crippen LogP) is 1.89. The minimum Gasteiger partial charge on any atom is -0.476 e. The first-order chi connectivity index (χ1) is 7.74. The predicted molar refractivity (Wildman–Crippen MR) is 60.5 cm³/mol. The number of thiophene rings is 1. The van der Waals surface area contributed by atoms with Crippen molar-refractivity contribution in [3.63, 3.8) is 0 Å². The lowest BCUT2D eigenvalue weighted by Crippen LogP contribution is -2.02. The molecule has 0 spiro atoms. The van der Waals surface area contributed by atoms with Gasteiger partial charge in [-0.3, -0.25) is 0 Å². The summed E-state index contributed by atoms with van der Waals surface area (Å²) in [6, 6.07) is 3.70. The zero-order valence-electron chi connectivity index (χ0n) is 8.33. The first-order valence-electron chi connectivity index (χ1n) is 4.55. The van der Waals surface area contributed by atoms with Gasteiger partial charge in [0.25, 0.3) is 0 Å². The lowest BCUT2D eigenvalue weighted by Gasteiger charge is -2.01. The number of aromatic carboxylic acids is 1. The summed E-state index contributed by atoms with van der Waals surface area (Å²) in [6.07, 6.45) is 1.65. The zero-order valence-corrected chi connectivity index (χ0v) is 9.15. The minimum atomic E-state index is -1.07. The summed E-state index contributed by atoms with van der Waals surface area (Å²) in [4.78, 5) is 11.8. The molecule has 2 rings (SSSR count). The highest BCUT2D eigenvalue weighted by atomic mass is 32.1. The Morgan fingerprint density at radius 1 is 1.69 bits per heavy atom. The van der Waals surface area contributed by atoms with E-state index in [1.165, 1.54) is 16.0 Å². The van der Waals surface area contributed by atoms with Crippen molar-refractivity contribution < 1.29 is 9.90 Å². The zero-order chi connectivity index (χ0) is 11.5. The van der Waals surface area contributed by atoms with Crippen LogP contribution in [0.4, 0.5) is 0 Å². The first kappa shape index (κ1) is 10.6. The van der Waals surface area contributed by atoms with E-state index in [1.807, 2.05) is 17.5 Å². The van der Waals surface area contributed by atoms with Crippen LogP contribution in [0.15, 0.2) is 30.2 Å². The second-order valence-corrected chi connectivity index (χ2v) is 3.99. The molecule has 6 heteroatoms. The molecule has 0 amide bonds. The number of carbonyl (C=O) groups is 1. The molecule has 0 saturated carbocycles. The third kappa shape index (κ3) is 1.74. The molecule has 0 radical (unpaired) electrons. The van der Waals surface area contributed by atoms with Crippen molar-refractivity contribution >= 4 is 17.3 Å². The summed E-state index contributed by atoms with van der Waals surface area (Å²) >= 11 is 1.45. The van der Waals surface area contributed by atoms with Crippen LogP contribution in [-0.4, -0.2) is 26.1 Å². The van der Waals surface area contributed by atoms with E-state index >= 15 is 0 Å². The maximum absolute atomic E-state index is 11.0. The highest BCUT2D eigenvalue weighted by molar-refractivity contribution is 7.13. The van der Waals surface area contributed by atoms with Crippen molar-refractivity contribution in [3.05, 3.63) is 35.9 Å². The Bertz CT molecular complexity index is 516. The highest BCUT2D eigenvalue weighted by Gasteiger charge is 2.20. The van der Waals surface area contributed by atoms with Crippen LogP contribution in [0.3, 0.4) is 0 Å². The molecule has 82 valence electrons. The van der Waals surface area contributed by atoms with Gasteiger partial charge in [-0.25, -0.2) is 9.48 Å². The third-order valence-electron chi connectivity index (χ3n) is 1.99. The number of hydrogen-bond donors (Lipinski definition) is 1. The fraction of sp³-hybridized carbons (Fsp3) is 0.100. The topological polar surface area (TPSA) is 68.0 Å². The standard InChI is InChI=1S/C10H9N3O2S/c1-2-5-13-9(7-4-3-6-16-7)8(10(14)15)11-12-13/h2-4,6H,1,5H2,(H,14,15). The highest BCUT2D eigenvalue weighted by Crippen LogP contribution is 2.26. The summed E-state index contributed by atoms with van der Waals surface area (Å²) < 4.78 is 1.53. The van der Waals surface area contributed by atoms with Crippen molar-refractivity contribution in [1.82, 2.24) is 15.0 Å². The molecule has 2 aromatic heterocycles. The summed E-state index contributed by atoms with van der Waals surface area (Å²) in [5.74, 6) is -1.07. The maximum Gasteiger partial charge on any atom is 0.358 e. The monoisotopic (exact) mass is 235 g/mol. The fourth-order valence-electron chi connectivity index (χ4n) is 1.36. The van der Waals surface area contributed by atoms with Crippen LogP contribution in [0.5, 0.6) is 0 Å². The van der Waals surface area contributed by atoms with Gasteiger partial charge in [0, 0.05) is 0 Å². The van der Waals surface area contributed by atoms with Crippen LogP contribution in [-0.2, 0) is 6.54 Å². The molecule has 0 bridgehead atoms. The normalized spacial score (nSPS) is 10.2. The van der Waals surface area contributed by atoms with E-state index in [0.29, 0.717) is 12.2 Å². The van der Waals surface area contributed by atoms with Crippen LogP contribution in [0, 0.1) is 0 Å². The van der Waals surface area contributed by atoms with Crippen LogP contribution >= 0.6 is 11.3 Å². The number of nitrogens with zero attached hydrogens (tertiary/aromatic N) is 3. The van der Waals surface area contributed by atoms with Gasteiger partial charge >= 0.3 is 5.97 Å². The summed E-state index contributed by atoms with van der Waals surface area (Å²) in [6.45, 7) is 4.04. The van der Waals surface area contributed by atoms with Crippen molar-refractivity contribution in [2.24, 2.45) is 0 Å².